The summed E-state index contributed by atoms with van der Waals surface area (Å²) in [4.78, 5) is 31.6. The number of aromatic nitrogens is 1. The van der Waals surface area contributed by atoms with Crippen LogP contribution < -0.4 is 5.32 Å². The van der Waals surface area contributed by atoms with Crippen molar-refractivity contribution in [3.63, 3.8) is 0 Å². The largest absolute Gasteiger partial charge is 0.383 e. The zero-order valence-corrected chi connectivity index (χ0v) is 24.6. The third-order valence-corrected chi connectivity index (χ3v) is 9.85. The molecular weight excluding hydrogens is 573 g/mol. The highest BCUT2D eigenvalue weighted by Gasteiger charge is 2.33. The summed E-state index contributed by atoms with van der Waals surface area (Å²) >= 11 is 12.4. The molecule has 5 rings (SSSR count). The Bertz CT molecular complexity index is 1640. The second-order valence-electron chi connectivity index (χ2n) is 10.1. The van der Waals surface area contributed by atoms with E-state index in [9.17, 15) is 18.0 Å². The number of nitrogens with one attached hydrogen (secondary N) is 2. The molecule has 0 radical (unpaired) electrons. The lowest BCUT2D eigenvalue weighted by Crippen LogP contribution is -2.38. The molecule has 2 aliphatic rings. The molecular formula is C29H29Cl2N3O5S. The third-order valence-electron chi connectivity index (χ3n) is 7.50. The molecule has 2 aromatic carbocycles. The number of H-pyrrole nitrogens is 1. The maximum absolute atomic E-state index is 13.5. The normalized spacial score (nSPS) is 17.9. The number of hydrogen-bond acceptors (Lipinski definition) is 5. The van der Waals surface area contributed by atoms with Crippen molar-refractivity contribution in [2.45, 2.75) is 43.4 Å². The Morgan fingerprint density at radius 3 is 2.60 bits per heavy atom. The molecule has 40 heavy (non-hydrogen) atoms. The quantitative estimate of drug-likeness (QED) is 0.340. The molecule has 1 fully saturated rings. The minimum Gasteiger partial charge on any atom is -0.383 e. The highest BCUT2D eigenvalue weighted by Crippen LogP contribution is 2.37. The number of ether oxygens (including phenoxy) is 1. The Morgan fingerprint density at radius 2 is 1.90 bits per heavy atom. The number of nitrogens with zero attached hydrogens (tertiary/aromatic N) is 1. The van der Waals surface area contributed by atoms with Crippen molar-refractivity contribution >= 4 is 62.2 Å². The smallest absolute Gasteiger partial charge is 0.256 e. The molecule has 2 amide bonds. The minimum atomic E-state index is -3.84. The molecule has 0 saturated carbocycles. The number of anilines is 1. The van der Waals surface area contributed by atoms with Crippen molar-refractivity contribution < 1.29 is 22.7 Å². The van der Waals surface area contributed by atoms with Crippen LogP contribution in [0.3, 0.4) is 0 Å². The molecule has 0 aliphatic carbocycles. The zero-order chi connectivity index (χ0) is 28.8. The fraction of sp³-hybridized carbons (Fsp3) is 0.310. The van der Waals surface area contributed by atoms with Gasteiger partial charge in [-0.3, -0.25) is 9.59 Å². The van der Waals surface area contributed by atoms with Gasteiger partial charge in [0.15, 0.2) is 9.84 Å². The number of fused-ring (bicyclic) bond motifs is 1. The van der Waals surface area contributed by atoms with Gasteiger partial charge in [0.25, 0.3) is 11.8 Å². The molecule has 1 atom stereocenters. The van der Waals surface area contributed by atoms with Crippen molar-refractivity contribution in [1.29, 1.82) is 0 Å². The number of likely N-dealkylation sites (tertiary alicyclic amines) is 1. The lowest BCUT2D eigenvalue weighted by atomic mass is 10.0. The van der Waals surface area contributed by atoms with E-state index in [1.165, 1.54) is 12.1 Å². The van der Waals surface area contributed by atoms with Crippen molar-refractivity contribution in [1.82, 2.24) is 9.88 Å². The van der Waals surface area contributed by atoms with Crippen molar-refractivity contribution in [2.75, 3.05) is 25.6 Å². The molecule has 2 N–H and O–H groups in total. The summed E-state index contributed by atoms with van der Waals surface area (Å²) in [6.07, 6.45) is 3.48. The molecule has 0 spiro atoms. The van der Waals surface area contributed by atoms with E-state index in [1.807, 2.05) is 18.7 Å². The van der Waals surface area contributed by atoms with E-state index in [1.54, 1.807) is 37.5 Å². The summed E-state index contributed by atoms with van der Waals surface area (Å²) in [5.74, 6) is -0.817. The van der Waals surface area contributed by atoms with Crippen LogP contribution in [0.25, 0.3) is 11.6 Å². The van der Waals surface area contributed by atoms with E-state index in [2.05, 4.69) is 10.3 Å². The molecule has 210 valence electrons. The van der Waals surface area contributed by atoms with Gasteiger partial charge in [-0.2, -0.15) is 0 Å². The van der Waals surface area contributed by atoms with Crippen LogP contribution in [0.5, 0.6) is 0 Å². The molecule has 0 unspecified atom stereocenters. The van der Waals surface area contributed by atoms with Crippen LogP contribution in [-0.4, -0.2) is 56.4 Å². The van der Waals surface area contributed by atoms with Gasteiger partial charge in [-0.05, 0) is 68.7 Å². The molecule has 1 aromatic heterocycles. The van der Waals surface area contributed by atoms with Gasteiger partial charge >= 0.3 is 0 Å². The summed E-state index contributed by atoms with van der Waals surface area (Å²) in [7, 11) is -2.21. The number of carbonyl (C=O) groups is 2. The number of aromatic amines is 1. The number of carbonyl (C=O) groups excluding carboxylic acids is 2. The van der Waals surface area contributed by atoms with Crippen molar-refractivity contribution in [2.24, 2.45) is 0 Å². The average Bonchev–Trinajstić information content (AvgIpc) is 3.57. The van der Waals surface area contributed by atoms with Crippen molar-refractivity contribution in [3.05, 3.63) is 80.1 Å². The average molecular weight is 603 g/mol. The Hall–Kier alpha value is -3.11. The maximum Gasteiger partial charge on any atom is 0.256 e. The second-order valence-corrected chi connectivity index (χ2v) is 12.9. The van der Waals surface area contributed by atoms with Gasteiger partial charge in [-0.15, -0.1) is 0 Å². The van der Waals surface area contributed by atoms with E-state index in [4.69, 9.17) is 27.9 Å². The number of aryl methyl sites for hydroxylation is 1. The second kappa shape index (κ2) is 11.0. The van der Waals surface area contributed by atoms with Gasteiger partial charge in [0.1, 0.15) is 0 Å². The number of amides is 2. The van der Waals surface area contributed by atoms with Gasteiger partial charge in [-0.25, -0.2) is 8.42 Å². The molecule has 0 bridgehead atoms. The Labute approximate surface area is 243 Å². The van der Waals surface area contributed by atoms with E-state index < -0.39 is 9.84 Å². The molecule has 8 nitrogen and oxygen atoms in total. The number of halogens is 2. The van der Waals surface area contributed by atoms with E-state index in [0.717, 1.165) is 18.4 Å². The van der Waals surface area contributed by atoms with Gasteiger partial charge in [0.05, 0.1) is 34.4 Å². The van der Waals surface area contributed by atoms with Crippen LogP contribution in [0, 0.1) is 13.8 Å². The topological polar surface area (TPSA) is 109 Å². The van der Waals surface area contributed by atoms with E-state index >= 15 is 0 Å². The molecule has 11 heteroatoms. The molecule has 1 saturated heterocycles. The number of sulfone groups is 1. The first-order valence-electron chi connectivity index (χ1n) is 12.8. The Kier molecular flexibility index (Phi) is 7.85. The van der Waals surface area contributed by atoms with Crippen molar-refractivity contribution in [3.8, 4) is 0 Å². The summed E-state index contributed by atoms with van der Waals surface area (Å²) in [5, 5.41) is 3.32. The minimum absolute atomic E-state index is 0.0292. The van der Waals surface area contributed by atoms with E-state index in [-0.39, 0.29) is 38.5 Å². The van der Waals surface area contributed by atoms with Gasteiger partial charge in [0.2, 0.25) is 0 Å². The lowest BCUT2D eigenvalue weighted by Gasteiger charge is -2.24. The fourth-order valence-electron chi connectivity index (χ4n) is 5.44. The van der Waals surface area contributed by atoms with Gasteiger partial charge in [0, 0.05) is 51.9 Å². The first kappa shape index (κ1) is 28.4. The highest BCUT2D eigenvalue weighted by atomic mass is 35.5. The van der Waals surface area contributed by atoms with Crippen LogP contribution in [0.2, 0.25) is 10.0 Å². The van der Waals surface area contributed by atoms with Crippen LogP contribution in [-0.2, 0) is 25.1 Å². The van der Waals surface area contributed by atoms with Gasteiger partial charge < -0.3 is 19.9 Å². The van der Waals surface area contributed by atoms with E-state index in [0.29, 0.717) is 52.5 Å². The standard InChI is InChI=1S/C29H29Cl2N3O5S/c1-16-26(32-17(2)27(16)29(36)34-11-5-6-18(34)14-39-3)13-21-20-12-19(9-10-25(20)33-28(21)35)40(37,38)15-22-23(30)7-4-8-24(22)31/h4,7-10,12-13,18,32H,5-6,11,14-15H2,1-3H3,(H,33,35)/t18-/m1/s1. The number of methoxy groups -OCH3 is 1. The van der Waals surface area contributed by atoms with Crippen LogP contribution in [0.4, 0.5) is 5.69 Å². The van der Waals surface area contributed by atoms with Gasteiger partial charge in [-0.1, -0.05) is 29.3 Å². The molecule has 3 aromatic rings. The SMILES string of the molecule is COC[C@H]1CCCN1C(=O)c1c(C)[nH]c(C=C2C(=O)Nc3ccc(S(=O)(=O)Cc4c(Cl)cccc4Cl)cc32)c1C. The number of benzene rings is 2. The number of hydrogen-bond donors (Lipinski definition) is 2. The summed E-state index contributed by atoms with van der Waals surface area (Å²) in [5.41, 5.74) is 4.17. The summed E-state index contributed by atoms with van der Waals surface area (Å²) in [6, 6.07) is 9.36. The summed E-state index contributed by atoms with van der Waals surface area (Å²) in [6.45, 7) is 4.82. The highest BCUT2D eigenvalue weighted by molar-refractivity contribution is 7.90. The fourth-order valence-corrected chi connectivity index (χ4v) is 7.56. The Balaban J connectivity index is 1.49. The predicted molar refractivity (Wildman–Crippen MR) is 156 cm³/mol. The molecule has 2 aliphatic heterocycles. The van der Waals surface area contributed by atoms with Crippen LogP contribution >= 0.6 is 23.2 Å². The zero-order valence-electron chi connectivity index (χ0n) is 22.3. The first-order valence-corrected chi connectivity index (χ1v) is 15.2. The summed E-state index contributed by atoms with van der Waals surface area (Å²) < 4.78 is 32.0. The third kappa shape index (κ3) is 5.19. The Morgan fingerprint density at radius 1 is 1.18 bits per heavy atom. The lowest BCUT2D eigenvalue weighted by molar-refractivity contribution is -0.110. The predicted octanol–water partition coefficient (Wildman–Crippen LogP) is 5.66. The number of rotatable bonds is 7. The van der Waals surface area contributed by atoms with Crippen LogP contribution in [0.15, 0.2) is 41.3 Å². The first-order chi connectivity index (χ1) is 19.0. The van der Waals surface area contributed by atoms with Crippen LogP contribution in [0.1, 0.15) is 51.3 Å². The monoisotopic (exact) mass is 601 g/mol. The molecule has 3 heterocycles. The maximum atomic E-state index is 13.5.